The number of benzene rings is 9. The van der Waals surface area contributed by atoms with Gasteiger partial charge in [-0.1, -0.05) is 138 Å². The molecule has 68 heavy (non-hydrogen) atoms. The number of hydrogen-bond acceptors (Lipinski definition) is 1. The molecule has 9 aromatic carbocycles. The van der Waals surface area contributed by atoms with Crippen molar-refractivity contribution in [3.8, 4) is 62.0 Å². The fourth-order valence-corrected chi connectivity index (χ4v) is 10.3. The highest BCUT2D eigenvalue weighted by atomic mass is 19.4. The largest absolute Gasteiger partial charge is 0.415 e. The van der Waals surface area contributed by atoms with E-state index in [9.17, 15) is 18.4 Å². The van der Waals surface area contributed by atoms with Crippen LogP contribution in [0.2, 0.25) is 0 Å². The van der Waals surface area contributed by atoms with Gasteiger partial charge in [-0.2, -0.15) is 18.4 Å². The average Bonchev–Trinajstić information content (AvgIpc) is 3.84. The third kappa shape index (κ3) is 7.08. The summed E-state index contributed by atoms with van der Waals surface area (Å²) in [5.41, 5.74) is 16.7. The Morgan fingerprint density at radius 1 is 0.441 bits per heavy atom. The number of halogens is 3. The fraction of sp³-hybridized carbons (Fsp3) is 0.0820. The third-order valence-corrected chi connectivity index (χ3v) is 13.1. The van der Waals surface area contributed by atoms with Crippen LogP contribution in [0.25, 0.3) is 104 Å². The monoisotopic (exact) mass is 886 g/mol. The van der Waals surface area contributed by atoms with Crippen LogP contribution in [-0.4, -0.2) is 9.13 Å². The number of para-hydroxylation sites is 2. The first-order valence-corrected chi connectivity index (χ1v) is 22.4. The summed E-state index contributed by atoms with van der Waals surface area (Å²) in [5.74, 6) is 0. The first-order chi connectivity index (χ1) is 32.9. The molecule has 0 fully saturated rings. The molecular weight excluding hydrogens is 846 g/mol. The smallest absolute Gasteiger partial charge is 0.309 e. The lowest BCUT2D eigenvalue weighted by Gasteiger charge is -2.20. The molecule has 4 nitrogen and oxygen atoms in total. The summed E-state index contributed by atoms with van der Waals surface area (Å²) in [6, 6.07) is 60.2. The van der Waals surface area contributed by atoms with Crippen LogP contribution in [0.4, 0.5) is 18.9 Å². The number of nitrogens with zero attached hydrogens (tertiary/aromatic N) is 4. The van der Waals surface area contributed by atoms with Gasteiger partial charge in [0.1, 0.15) is 0 Å². The Hall–Kier alpha value is -8.65. The summed E-state index contributed by atoms with van der Waals surface area (Å²) in [7, 11) is 0. The molecule has 11 rings (SSSR count). The van der Waals surface area contributed by atoms with Crippen LogP contribution in [0.15, 0.2) is 176 Å². The summed E-state index contributed by atoms with van der Waals surface area (Å²) >= 11 is 0. The first kappa shape index (κ1) is 42.0. The summed E-state index contributed by atoms with van der Waals surface area (Å²) in [6.45, 7) is 16.5. The average molecular weight is 887 g/mol. The maximum Gasteiger partial charge on any atom is 0.415 e. The highest BCUT2D eigenvalue weighted by molar-refractivity contribution is 6.13. The Labute approximate surface area is 391 Å². The molecule has 2 heterocycles. The molecule has 0 aliphatic rings. The van der Waals surface area contributed by atoms with Crippen LogP contribution in [0.3, 0.4) is 0 Å². The molecule has 0 N–H and O–H groups in total. The van der Waals surface area contributed by atoms with Crippen molar-refractivity contribution in [1.82, 2.24) is 9.13 Å². The molecule has 0 aliphatic heterocycles. The van der Waals surface area contributed by atoms with Crippen LogP contribution < -0.4 is 0 Å². The Kier molecular flexibility index (Phi) is 9.92. The Morgan fingerprint density at radius 2 is 0.897 bits per heavy atom. The molecule has 7 heteroatoms. The van der Waals surface area contributed by atoms with Crippen LogP contribution in [0, 0.1) is 45.6 Å². The van der Waals surface area contributed by atoms with E-state index in [0.29, 0.717) is 16.7 Å². The quantitative estimate of drug-likeness (QED) is 0.153. The van der Waals surface area contributed by atoms with Gasteiger partial charge < -0.3 is 9.13 Å². The second-order valence-electron chi connectivity index (χ2n) is 17.8. The van der Waals surface area contributed by atoms with Crippen molar-refractivity contribution < 1.29 is 13.2 Å². The molecule has 2 aromatic heterocycles. The minimum atomic E-state index is -4.61. The lowest BCUT2D eigenvalue weighted by Crippen LogP contribution is -2.04. The molecule has 0 saturated carbocycles. The van der Waals surface area contributed by atoms with E-state index in [-0.39, 0.29) is 5.69 Å². The Balaban J connectivity index is 1.21. The molecule has 0 saturated heterocycles. The lowest BCUT2D eigenvalue weighted by molar-refractivity contribution is -0.137. The van der Waals surface area contributed by atoms with E-state index >= 15 is 0 Å². The minimum Gasteiger partial charge on any atom is -0.309 e. The van der Waals surface area contributed by atoms with Crippen molar-refractivity contribution in [2.45, 2.75) is 33.9 Å². The highest BCUT2D eigenvalue weighted by Crippen LogP contribution is 2.45. The molecular formula is C61H41F3N4. The van der Waals surface area contributed by atoms with Gasteiger partial charge in [0, 0.05) is 38.2 Å². The van der Waals surface area contributed by atoms with Crippen LogP contribution >= 0.6 is 0 Å². The summed E-state index contributed by atoms with van der Waals surface area (Å²) in [6.07, 6.45) is -4.61. The summed E-state index contributed by atoms with van der Waals surface area (Å²) in [5, 5.41) is 14.7. The van der Waals surface area contributed by atoms with Crippen molar-refractivity contribution in [2.75, 3.05) is 0 Å². The predicted octanol–water partition coefficient (Wildman–Crippen LogP) is 17.2. The molecule has 0 bridgehead atoms. The molecule has 326 valence electrons. The van der Waals surface area contributed by atoms with Gasteiger partial charge in [0.05, 0.1) is 51.6 Å². The van der Waals surface area contributed by atoms with Gasteiger partial charge in [0.15, 0.2) is 5.69 Å². The molecule has 0 aliphatic carbocycles. The zero-order valence-electron chi connectivity index (χ0n) is 37.7. The molecule has 0 atom stereocenters. The molecule has 0 spiro atoms. The van der Waals surface area contributed by atoms with Crippen molar-refractivity contribution in [1.29, 1.82) is 5.26 Å². The minimum absolute atomic E-state index is 0.0941. The van der Waals surface area contributed by atoms with E-state index in [1.165, 1.54) is 28.3 Å². The van der Waals surface area contributed by atoms with E-state index in [2.05, 4.69) is 145 Å². The number of aryl methyl sites for hydroxylation is 4. The van der Waals surface area contributed by atoms with E-state index in [4.69, 9.17) is 6.57 Å². The number of alkyl halides is 3. The molecule has 11 aromatic rings. The SMILES string of the molecule is [C-]#[N+]c1cc(C(F)(F)F)ccc1-c1ccc(-c2ccc(C#N)cc2-n2c3ccccc3c3cc(-c4cc(C)cc(C)c4)ccc32)c(-n2c3ccccc3c3cc(-c4cc(C)cc(C)c4)ccc32)c1. The Bertz CT molecular complexity index is 3940. The fourth-order valence-electron chi connectivity index (χ4n) is 10.3. The third-order valence-electron chi connectivity index (χ3n) is 13.1. The molecule has 0 radical (unpaired) electrons. The zero-order valence-corrected chi connectivity index (χ0v) is 37.7. The van der Waals surface area contributed by atoms with Gasteiger partial charge in [-0.25, -0.2) is 4.85 Å². The molecule has 0 amide bonds. The number of rotatable bonds is 6. The van der Waals surface area contributed by atoms with Crippen LogP contribution in [0.1, 0.15) is 33.4 Å². The topological polar surface area (TPSA) is 38.0 Å². The van der Waals surface area contributed by atoms with Gasteiger partial charge in [-0.15, -0.1) is 0 Å². The van der Waals surface area contributed by atoms with Gasteiger partial charge in [-0.05, 0) is 122 Å². The maximum absolute atomic E-state index is 14.0. The van der Waals surface area contributed by atoms with E-state index in [1.54, 1.807) is 0 Å². The number of fused-ring (bicyclic) bond motifs is 6. The van der Waals surface area contributed by atoms with E-state index < -0.39 is 11.7 Å². The lowest BCUT2D eigenvalue weighted by atomic mass is 9.94. The van der Waals surface area contributed by atoms with Crippen molar-refractivity contribution >= 4 is 49.3 Å². The van der Waals surface area contributed by atoms with Gasteiger partial charge >= 0.3 is 6.18 Å². The number of aromatic nitrogens is 2. The standard InChI is InChI=1S/C61H41F3N4/c1-36-24-37(2)27-44(26-36)41-16-22-57-52(31-41)48-10-6-8-12-55(48)67(57)59-30-40(35-65)14-19-50(59)51-20-15-43(47-21-18-46(61(62,63)64)34-54(47)66-5)33-60(51)68-56-13-9-7-11-49(56)53-32-42(17-23-58(53)68)45-28-38(3)25-39(4)29-45/h6-34H,1-4H3. The first-order valence-electron chi connectivity index (χ1n) is 22.4. The second-order valence-corrected chi connectivity index (χ2v) is 17.8. The summed E-state index contributed by atoms with van der Waals surface area (Å²) in [4.78, 5) is 3.61. The maximum atomic E-state index is 14.0. The molecule has 0 unspecified atom stereocenters. The highest BCUT2D eigenvalue weighted by Gasteiger charge is 2.31. The van der Waals surface area contributed by atoms with Gasteiger partial charge in [0.25, 0.3) is 0 Å². The number of nitriles is 1. The van der Waals surface area contributed by atoms with Gasteiger partial charge in [0.2, 0.25) is 0 Å². The van der Waals surface area contributed by atoms with E-state index in [1.807, 2.05) is 60.7 Å². The van der Waals surface area contributed by atoms with Crippen molar-refractivity contribution in [3.05, 3.63) is 221 Å². The normalized spacial score (nSPS) is 11.7. The zero-order chi connectivity index (χ0) is 47.0. The van der Waals surface area contributed by atoms with Crippen molar-refractivity contribution in [2.24, 2.45) is 0 Å². The predicted molar refractivity (Wildman–Crippen MR) is 272 cm³/mol. The van der Waals surface area contributed by atoms with Gasteiger partial charge in [-0.3, -0.25) is 0 Å². The van der Waals surface area contributed by atoms with Crippen molar-refractivity contribution in [3.63, 3.8) is 0 Å². The van der Waals surface area contributed by atoms with E-state index in [0.717, 1.165) is 100 Å². The van der Waals surface area contributed by atoms with Crippen LogP contribution in [0.5, 0.6) is 0 Å². The summed E-state index contributed by atoms with van der Waals surface area (Å²) < 4.78 is 46.5. The Morgan fingerprint density at radius 3 is 1.40 bits per heavy atom. The number of hydrogen-bond donors (Lipinski definition) is 0. The second kappa shape index (κ2) is 16.0. The van der Waals surface area contributed by atoms with Crippen LogP contribution in [-0.2, 0) is 6.18 Å².